The average Bonchev–Trinajstić information content (AvgIpc) is 2.88. The van der Waals surface area contributed by atoms with Gasteiger partial charge in [-0.05, 0) is 24.0 Å². The minimum absolute atomic E-state index is 0.225. The van der Waals surface area contributed by atoms with Gasteiger partial charge >= 0.3 is 0 Å². The predicted molar refractivity (Wildman–Crippen MR) is 83.4 cm³/mol. The van der Waals surface area contributed by atoms with Crippen LogP contribution in [0.25, 0.3) is 0 Å². The molecule has 0 N–H and O–H groups in total. The summed E-state index contributed by atoms with van der Waals surface area (Å²) in [7, 11) is 0. The number of carboxylic acid groups (broad SMARTS) is 1. The number of hydrogen-bond acceptors (Lipinski definition) is 2. The molecule has 0 aliphatic carbocycles. The SMILES string of the molecule is CCCCn1cc[n+](Cc2ccc(C(=O)[O-])cc2)c1CCC. The van der Waals surface area contributed by atoms with Crippen molar-refractivity contribution in [3.8, 4) is 0 Å². The van der Waals surface area contributed by atoms with Crippen molar-refractivity contribution >= 4 is 5.97 Å². The summed E-state index contributed by atoms with van der Waals surface area (Å²) in [5.74, 6) is 0.205. The Morgan fingerprint density at radius 2 is 1.91 bits per heavy atom. The van der Waals surface area contributed by atoms with Gasteiger partial charge in [0.25, 0.3) is 5.82 Å². The van der Waals surface area contributed by atoms with Gasteiger partial charge in [-0.1, -0.05) is 44.5 Å². The lowest BCUT2D eigenvalue weighted by Crippen LogP contribution is -2.37. The maximum Gasteiger partial charge on any atom is 0.256 e. The topological polar surface area (TPSA) is 48.9 Å². The summed E-state index contributed by atoms with van der Waals surface area (Å²) in [6.45, 7) is 6.22. The molecule has 0 atom stereocenters. The van der Waals surface area contributed by atoms with Crippen LogP contribution in [0.4, 0.5) is 0 Å². The van der Waals surface area contributed by atoms with Gasteiger partial charge in [-0.15, -0.1) is 0 Å². The molecule has 0 radical (unpaired) electrons. The maximum absolute atomic E-state index is 10.8. The molecular formula is C18H24N2O2. The summed E-state index contributed by atoms with van der Waals surface area (Å²) in [4.78, 5) is 10.8. The van der Waals surface area contributed by atoms with E-state index < -0.39 is 5.97 Å². The number of hydrogen-bond donors (Lipinski definition) is 0. The van der Waals surface area contributed by atoms with Gasteiger partial charge in [-0.2, -0.15) is 0 Å². The first-order valence-electron chi connectivity index (χ1n) is 8.03. The van der Waals surface area contributed by atoms with Gasteiger partial charge in [-0.25, -0.2) is 9.13 Å². The predicted octanol–water partition coefficient (Wildman–Crippen LogP) is 1.94. The molecule has 22 heavy (non-hydrogen) atoms. The summed E-state index contributed by atoms with van der Waals surface area (Å²) in [5, 5.41) is 10.8. The molecule has 0 aliphatic heterocycles. The first kappa shape index (κ1) is 16.3. The number of carbonyl (C=O) groups is 1. The van der Waals surface area contributed by atoms with E-state index in [9.17, 15) is 9.90 Å². The Kier molecular flexibility index (Phi) is 5.75. The number of benzene rings is 1. The molecule has 2 aromatic rings. The molecule has 1 aromatic carbocycles. The average molecular weight is 300 g/mol. The van der Waals surface area contributed by atoms with Gasteiger partial charge in [0.1, 0.15) is 18.9 Å². The highest BCUT2D eigenvalue weighted by Gasteiger charge is 2.16. The highest BCUT2D eigenvalue weighted by Crippen LogP contribution is 2.07. The van der Waals surface area contributed by atoms with Gasteiger partial charge in [-0.3, -0.25) is 0 Å². The number of rotatable bonds is 8. The van der Waals surface area contributed by atoms with E-state index in [-0.39, 0.29) is 5.56 Å². The van der Waals surface area contributed by atoms with Crippen molar-refractivity contribution < 1.29 is 14.5 Å². The van der Waals surface area contributed by atoms with Crippen LogP contribution in [0.2, 0.25) is 0 Å². The van der Waals surface area contributed by atoms with Crippen LogP contribution in [0, 0.1) is 0 Å². The first-order valence-corrected chi connectivity index (χ1v) is 8.03. The van der Waals surface area contributed by atoms with E-state index in [4.69, 9.17) is 0 Å². The Labute approximate surface area is 132 Å². The second-order valence-electron chi connectivity index (χ2n) is 5.62. The molecule has 0 amide bonds. The fourth-order valence-electron chi connectivity index (χ4n) is 2.63. The zero-order valence-electron chi connectivity index (χ0n) is 13.4. The molecule has 0 spiro atoms. The van der Waals surface area contributed by atoms with Crippen molar-refractivity contribution in [1.82, 2.24) is 4.57 Å². The zero-order chi connectivity index (χ0) is 15.9. The summed E-state index contributed by atoms with van der Waals surface area (Å²) < 4.78 is 4.59. The largest absolute Gasteiger partial charge is 0.545 e. The lowest BCUT2D eigenvalue weighted by molar-refractivity contribution is -0.695. The molecule has 0 aliphatic rings. The lowest BCUT2D eigenvalue weighted by atomic mass is 10.1. The van der Waals surface area contributed by atoms with Crippen LogP contribution in [0.1, 0.15) is 54.9 Å². The number of aromatic nitrogens is 2. The van der Waals surface area contributed by atoms with E-state index in [1.54, 1.807) is 12.1 Å². The molecule has 0 saturated carbocycles. The molecule has 1 aromatic heterocycles. The number of carboxylic acids is 1. The van der Waals surface area contributed by atoms with E-state index in [2.05, 4.69) is 35.4 Å². The fourth-order valence-corrected chi connectivity index (χ4v) is 2.63. The van der Waals surface area contributed by atoms with Gasteiger partial charge < -0.3 is 9.90 Å². The van der Waals surface area contributed by atoms with Crippen LogP contribution in [0.3, 0.4) is 0 Å². The smallest absolute Gasteiger partial charge is 0.256 e. The molecule has 0 unspecified atom stereocenters. The number of aryl methyl sites for hydroxylation is 1. The fraction of sp³-hybridized carbons (Fsp3) is 0.444. The van der Waals surface area contributed by atoms with E-state index >= 15 is 0 Å². The van der Waals surface area contributed by atoms with Crippen molar-refractivity contribution in [3.05, 3.63) is 53.6 Å². The van der Waals surface area contributed by atoms with Crippen molar-refractivity contribution in [3.63, 3.8) is 0 Å². The van der Waals surface area contributed by atoms with Crippen molar-refractivity contribution in [2.24, 2.45) is 0 Å². The van der Waals surface area contributed by atoms with Crippen LogP contribution in [-0.4, -0.2) is 10.5 Å². The maximum atomic E-state index is 10.8. The van der Waals surface area contributed by atoms with Gasteiger partial charge in [0, 0.05) is 6.42 Å². The van der Waals surface area contributed by atoms with Crippen molar-refractivity contribution in [1.29, 1.82) is 0 Å². The quantitative estimate of drug-likeness (QED) is 0.700. The minimum atomic E-state index is -1.13. The van der Waals surface area contributed by atoms with Gasteiger partial charge in [0.2, 0.25) is 0 Å². The number of unbranched alkanes of at least 4 members (excludes halogenated alkanes) is 1. The summed E-state index contributed by atoms with van der Waals surface area (Å²) >= 11 is 0. The minimum Gasteiger partial charge on any atom is -0.545 e. The third-order valence-electron chi connectivity index (χ3n) is 3.86. The second kappa shape index (κ2) is 7.78. The molecule has 2 rings (SSSR count). The van der Waals surface area contributed by atoms with Crippen molar-refractivity contribution in [2.75, 3.05) is 0 Å². The third-order valence-corrected chi connectivity index (χ3v) is 3.86. The van der Waals surface area contributed by atoms with Crippen LogP contribution in [0.15, 0.2) is 36.7 Å². The zero-order valence-corrected chi connectivity index (χ0v) is 13.4. The van der Waals surface area contributed by atoms with E-state index in [0.29, 0.717) is 0 Å². The molecule has 4 nitrogen and oxygen atoms in total. The summed E-state index contributed by atoms with van der Waals surface area (Å²) in [6.07, 6.45) is 8.80. The van der Waals surface area contributed by atoms with Crippen molar-refractivity contribution in [2.45, 2.75) is 52.6 Å². The van der Waals surface area contributed by atoms with Crippen LogP contribution in [0.5, 0.6) is 0 Å². The van der Waals surface area contributed by atoms with Gasteiger partial charge in [0.15, 0.2) is 0 Å². The molecule has 118 valence electrons. The molecule has 0 fully saturated rings. The Hall–Kier alpha value is -2.10. The Bertz CT molecular complexity index is 615. The van der Waals surface area contributed by atoms with Crippen LogP contribution in [-0.2, 0) is 19.5 Å². The van der Waals surface area contributed by atoms with E-state index in [1.165, 1.54) is 18.7 Å². The Morgan fingerprint density at radius 3 is 2.50 bits per heavy atom. The van der Waals surface area contributed by atoms with Crippen LogP contribution >= 0.6 is 0 Å². The highest BCUT2D eigenvalue weighted by atomic mass is 16.4. The number of imidazole rings is 1. The van der Waals surface area contributed by atoms with E-state index in [0.717, 1.165) is 31.5 Å². The van der Waals surface area contributed by atoms with Crippen LogP contribution < -0.4 is 9.67 Å². The number of aromatic carboxylic acids is 1. The molecule has 0 saturated heterocycles. The van der Waals surface area contributed by atoms with Gasteiger partial charge in [0.05, 0.1) is 12.5 Å². The second-order valence-corrected chi connectivity index (χ2v) is 5.62. The summed E-state index contributed by atoms with van der Waals surface area (Å²) in [6, 6.07) is 6.94. The Balaban J connectivity index is 2.17. The number of carbonyl (C=O) groups excluding carboxylic acids is 1. The molecule has 0 bridgehead atoms. The summed E-state index contributed by atoms with van der Waals surface area (Å²) in [5.41, 5.74) is 1.32. The Morgan fingerprint density at radius 1 is 1.18 bits per heavy atom. The standard InChI is InChI=1S/C18H24N2O2/c1-3-5-11-19-12-13-20(17(19)6-4-2)14-15-7-9-16(10-8-15)18(21)22/h7-10,12-13H,3-6,11,14H2,1-2H3. The van der Waals surface area contributed by atoms with E-state index in [1.807, 2.05) is 12.1 Å². The third kappa shape index (κ3) is 3.97. The lowest BCUT2D eigenvalue weighted by Gasteiger charge is -2.06. The highest BCUT2D eigenvalue weighted by molar-refractivity contribution is 5.85. The number of nitrogens with zero attached hydrogens (tertiary/aromatic N) is 2. The normalized spacial score (nSPS) is 10.8. The molecule has 1 heterocycles. The first-order chi connectivity index (χ1) is 10.7. The molecule has 4 heteroatoms. The monoisotopic (exact) mass is 300 g/mol. The molecular weight excluding hydrogens is 276 g/mol.